The van der Waals surface area contributed by atoms with Gasteiger partial charge in [-0.2, -0.15) is 0 Å². The molecule has 1 N–H and O–H groups in total. The molecule has 0 amide bonds. The predicted octanol–water partition coefficient (Wildman–Crippen LogP) is 4.30. The van der Waals surface area contributed by atoms with Gasteiger partial charge in [0.1, 0.15) is 5.76 Å². The fraction of sp³-hybridized carbons (Fsp3) is 0.214. The molecule has 0 saturated carbocycles. The lowest BCUT2D eigenvalue weighted by Gasteiger charge is -2.17. The Kier molecular flexibility index (Phi) is 4.93. The number of carbonyl (C=O) groups is 1. The van der Waals surface area contributed by atoms with E-state index in [1.165, 1.54) is 6.26 Å². The number of ether oxygens (including phenoxy) is 1. The molecule has 0 fully saturated rings. The molecule has 0 aliphatic rings. The maximum absolute atomic E-state index is 12.0. The summed E-state index contributed by atoms with van der Waals surface area (Å²) in [6.45, 7) is 2.02. The quantitative estimate of drug-likeness (QED) is 0.836. The number of esters is 1. The summed E-state index contributed by atoms with van der Waals surface area (Å²) in [5.74, 6) is -0.00187. The van der Waals surface area contributed by atoms with E-state index in [1.807, 2.05) is 0 Å². The minimum atomic E-state index is -0.777. The van der Waals surface area contributed by atoms with E-state index in [9.17, 15) is 4.79 Å². The van der Waals surface area contributed by atoms with Gasteiger partial charge in [-0.25, -0.2) is 4.79 Å². The van der Waals surface area contributed by atoms with Crippen LogP contribution in [0.1, 0.15) is 18.7 Å². The fourth-order valence-corrected chi connectivity index (χ4v) is 2.05. The second kappa shape index (κ2) is 6.68. The van der Waals surface area contributed by atoms with Crippen LogP contribution in [0.5, 0.6) is 0 Å². The van der Waals surface area contributed by atoms with Crippen molar-refractivity contribution in [2.24, 2.45) is 0 Å². The number of halogens is 2. The van der Waals surface area contributed by atoms with Crippen LogP contribution in [0.15, 0.2) is 41.0 Å². The largest absolute Gasteiger partial charge is 0.467 e. The molecule has 20 heavy (non-hydrogen) atoms. The molecular weight excluding hydrogens is 301 g/mol. The Morgan fingerprint density at radius 2 is 2.15 bits per heavy atom. The average Bonchev–Trinajstić information content (AvgIpc) is 2.94. The van der Waals surface area contributed by atoms with Gasteiger partial charge in [0.2, 0.25) is 0 Å². The maximum Gasteiger partial charge on any atom is 0.336 e. The van der Waals surface area contributed by atoms with Crippen LogP contribution in [-0.4, -0.2) is 12.6 Å². The maximum atomic E-state index is 12.0. The Balaban J connectivity index is 2.28. The second-order valence-corrected chi connectivity index (χ2v) is 4.73. The first kappa shape index (κ1) is 14.8. The van der Waals surface area contributed by atoms with Crippen LogP contribution in [0.2, 0.25) is 10.0 Å². The first-order valence-electron chi connectivity index (χ1n) is 6.04. The lowest BCUT2D eigenvalue weighted by molar-refractivity contribution is -0.144. The van der Waals surface area contributed by atoms with Crippen molar-refractivity contribution in [1.29, 1.82) is 0 Å². The zero-order valence-corrected chi connectivity index (χ0v) is 12.2. The molecule has 0 spiro atoms. The van der Waals surface area contributed by atoms with Gasteiger partial charge in [-0.3, -0.25) is 0 Å². The zero-order valence-electron chi connectivity index (χ0n) is 10.7. The van der Waals surface area contributed by atoms with Crippen molar-refractivity contribution in [3.63, 3.8) is 0 Å². The molecule has 4 nitrogen and oxygen atoms in total. The van der Waals surface area contributed by atoms with Gasteiger partial charge >= 0.3 is 5.97 Å². The van der Waals surface area contributed by atoms with E-state index in [1.54, 1.807) is 37.3 Å². The highest BCUT2D eigenvalue weighted by Gasteiger charge is 2.25. The molecule has 2 rings (SSSR count). The molecule has 1 unspecified atom stereocenters. The van der Waals surface area contributed by atoms with Crippen molar-refractivity contribution >= 4 is 34.9 Å². The third-order valence-corrected chi connectivity index (χ3v) is 3.42. The summed E-state index contributed by atoms with van der Waals surface area (Å²) in [7, 11) is 0. The zero-order chi connectivity index (χ0) is 14.5. The van der Waals surface area contributed by atoms with E-state index < -0.39 is 12.0 Å². The molecule has 1 atom stereocenters. The van der Waals surface area contributed by atoms with Crippen molar-refractivity contribution in [2.45, 2.75) is 13.0 Å². The Labute approximate surface area is 126 Å². The second-order valence-electron chi connectivity index (χ2n) is 3.95. The Morgan fingerprint density at radius 3 is 2.80 bits per heavy atom. The lowest BCUT2D eigenvalue weighted by Crippen LogP contribution is -2.23. The molecule has 6 heteroatoms. The van der Waals surface area contributed by atoms with Gasteiger partial charge in [-0.05, 0) is 31.2 Å². The number of benzene rings is 1. The van der Waals surface area contributed by atoms with Crippen LogP contribution in [0.4, 0.5) is 5.69 Å². The van der Waals surface area contributed by atoms with Crippen LogP contribution in [0, 0.1) is 0 Å². The van der Waals surface area contributed by atoms with Crippen molar-refractivity contribution in [3.05, 3.63) is 52.4 Å². The van der Waals surface area contributed by atoms with Gasteiger partial charge in [0.25, 0.3) is 0 Å². The first-order valence-corrected chi connectivity index (χ1v) is 6.79. The molecule has 1 aromatic carbocycles. The van der Waals surface area contributed by atoms with Gasteiger partial charge in [0, 0.05) is 0 Å². The van der Waals surface area contributed by atoms with Gasteiger partial charge in [-0.15, -0.1) is 0 Å². The molecule has 0 aliphatic heterocycles. The molecule has 106 valence electrons. The lowest BCUT2D eigenvalue weighted by atomic mass is 10.2. The highest BCUT2D eigenvalue weighted by Crippen LogP contribution is 2.32. The van der Waals surface area contributed by atoms with Gasteiger partial charge < -0.3 is 14.5 Å². The molecule has 1 heterocycles. The minimum absolute atomic E-state index is 0.279. The summed E-state index contributed by atoms with van der Waals surface area (Å²) in [6.07, 6.45) is 1.49. The van der Waals surface area contributed by atoms with Crippen LogP contribution in [0.3, 0.4) is 0 Å². The van der Waals surface area contributed by atoms with E-state index in [-0.39, 0.29) is 6.61 Å². The number of anilines is 1. The van der Waals surface area contributed by atoms with Gasteiger partial charge in [0.15, 0.2) is 6.04 Å². The summed E-state index contributed by atoms with van der Waals surface area (Å²) in [5.41, 5.74) is 0.536. The smallest absolute Gasteiger partial charge is 0.336 e. The molecule has 1 aromatic heterocycles. The van der Waals surface area contributed by atoms with E-state index >= 15 is 0 Å². The normalized spacial score (nSPS) is 11.9. The summed E-state index contributed by atoms with van der Waals surface area (Å²) < 4.78 is 10.3. The summed E-state index contributed by atoms with van der Waals surface area (Å²) in [4.78, 5) is 12.0. The van der Waals surface area contributed by atoms with E-state index in [4.69, 9.17) is 32.4 Å². The average molecular weight is 314 g/mol. The monoisotopic (exact) mass is 313 g/mol. The standard InChI is InChI=1S/C14H13Cl2NO3/c1-2-19-14(18)13(11-7-4-8-20-11)17-10-6-3-5-9(15)12(10)16/h3-8,13,17H,2H2,1H3. The number of carbonyl (C=O) groups excluding carboxylic acids is 1. The number of rotatable bonds is 5. The van der Waals surface area contributed by atoms with E-state index in [0.717, 1.165) is 0 Å². The van der Waals surface area contributed by atoms with E-state index in [0.29, 0.717) is 21.5 Å². The van der Waals surface area contributed by atoms with Gasteiger partial charge in [0.05, 0.1) is 28.6 Å². The van der Waals surface area contributed by atoms with Gasteiger partial charge in [-0.1, -0.05) is 29.3 Å². The fourth-order valence-electron chi connectivity index (χ4n) is 1.70. The van der Waals surface area contributed by atoms with Crippen molar-refractivity contribution in [1.82, 2.24) is 0 Å². The minimum Gasteiger partial charge on any atom is -0.467 e. The summed E-state index contributed by atoms with van der Waals surface area (Å²) >= 11 is 12.1. The Hall–Kier alpha value is -1.65. The Morgan fingerprint density at radius 1 is 1.35 bits per heavy atom. The molecule has 0 saturated heterocycles. The summed E-state index contributed by atoms with van der Waals surface area (Å²) in [5, 5.41) is 3.73. The topological polar surface area (TPSA) is 51.5 Å². The molecule has 0 bridgehead atoms. The van der Waals surface area contributed by atoms with Crippen LogP contribution in [-0.2, 0) is 9.53 Å². The summed E-state index contributed by atoms with van der Waals surface area (Å²) in [6, 6.07) is 7.74. The number of furan rings is 1. The van der Waals surface area contributed by atoms with Crippen molar-refractivity contribution < 1.29 is 13.9 Å². The molecular formula is C14H13Cl2NO3. The van der Waals surface area contributed by atoms with E-state index in [2.05, 4.69) is 5.32 Å². The molecule has 2 aromatic rings. The third kappa shape index (κ3) is 3.26. The Bertz CT molecular complexity index is 584. The number of hydrogen-bond acceptors (Lipinski definition) is 4. The SMILES string of the molecule is CCOC(=O)C(Nc1cccc(Cl)c1Cl)c1ccco1. The number of nitrogens with one attached hydrogen (secondary N) is 1. The van der Waals surface area contributed by atoms with Crippen LogP contribution >= 0.6 is 23.2 Å². The van der Waals surface area contributed by atoms with Crippen LogP contribution in [0.25, 0.3) is 0 Å². The van der Waals surface area contributed by atoms with Crippen molar-refractivity contribution in [3.8, 4) is 0 Å². The predicted molar refractivity (Wildman–Crippen MR) is 78.2 cm³/mol. The highest BCUT2D eigenvalue weighted by atomic mass is 35.5. The van der Waals surface area contributed by atoms with Crippen LogP contribution < -0.4 is 5.32 Å². The molecule has 0 aliphatic carbocycles. The highest BCUT2D eigenvalue weighted by molar-refractivity contribution is 6.43. The van der Waals surface area contributed by atoms with Crippen molar-refractivity contribution in [2.75, 3.05) is 11.9 Å². The third-order valence-electron chi connectivity index (χ3n) is 2.60. The number of hydrogen-bond donors (Lipinski definition) is 1. The first-order chi connectivity index (χ1) is 9.63. The molecule has 0 radical (unpaired) electrons.